The molecule has 0 aliphatic rings. The predicted octanol–water partition coefficient (Wildman–Crippen LogP) is 0.258. The van der Waals surface area contributed by atoms with E-state index in [-0.39, 0.29) is 5.82 Å². The number of aliphatic carboxylic acids is 1. The van der Waals surface area contributed by atoms with E-state index < -0.39 is 11.9 Å². The van der Waals surface area contributed by atoms with Gasteiger partial charge in [0.15, 0.2) is 5.82 Å². The maximum atomic E-state index is 10.3. The minimum absolute atomic E-state index is 0.201. The van der Waals surface area contributed by atoms with Crippen LogP contribution in [0.3, 0.4) is 0 Å². The maximum absolute atomic E-state index is 10.3. The Morgan fingerprint density at radius 3 is 3.00 bits per heavy atom. The zero-order valence-corrected chi connectivity index (χ0v) is 5.31. The highest BCUT2D eigenvalue weighted by atomic mass is 16.5. The largest absolute Gasteiger partial charge is 0.481 e. The lowest BCUT2D eigenvalue weighted by Gasteiger charge is -1.95. The molecule has 0 aromatic carbocycles. The molecule has 10 heavy (non-hydrogen) atoms. The van der Waals surface area contributed by atoms with Crippen LogP contribution in [0.5, 0.6) is 0 Å². The second-order valence-electron chi connectivity index (χ2n) is 1.85. The van der Waals surface area contributed by atoms with Crippen molar-refractivity contribution < 1.29 is 14.4 Å². The van der Waals surface area contributed by atoms with Crippen molar-refractivity contribution in [3.8, 4) is 0 Å². The first-order valence-electron chi connectivity index (χ1n) is 2.71. The van der Waals surface area contributed by atoms with Crippen LogP contribution in [0, 0.1) is 0 Å². The Bertz CT molecular complexity index is 219. The molecule has 1 N–H and O–H groups in total. The monoisotopic (exact) mass is 142 g/mol. The first-order chi connectivity index (χ1) is 4.72. The molecule has 0 spiro atoms. The second-order valence-corrected chi connectivity index (χ2v) is 1.85. The average Bonchev–Trinajstić information content (AvgIpc) is 2.36. The van der Waals surface area contributed by atoms with Crippen molar-refractivity contribution in [3.05, 3.63) is 12.2 Å². The van der Waals surface area contributed by atoms with Crippen molar-refractivity contribution >= 4 is 5.97 Å². The van der Waals surface area contributed by atoms with E-state index in [2.05, 4.69) is 14.7 Å². The highest BCUT2D eigenvalue weighted by Crippen LogP contribution is 2.07. The summed E-state index contributed by atoms with van der Waals surface area (Å²) in [5, 5.41) is 11.8. The van der Waals surface area contributed by atoms with Gasteiger partial charge in [-0.05, 0) is 6.92 Å². The minimum Gasteiger partial charge on any atom is -0.481 e. The van der Waals surface area contributed by atoms with Gasteiger partial charge in [-0.25, -0.2) is 0 Å². The Balaban J connectivity index is 2.77. The fourth-order valence-corrected chi connectivity index (χ4v) is 0.480. The molecule has 5 nitrogen and oxygen atoms in total. The summed E-state index contributed by atoms with van der Waals surface area (Å²) in [6.07, 6.45) is 1.11. The van der Waals surface area contributed by atoms with Gasteiger partial charge >= 0.3 is 5.97 Å². The number of rotatable bonds is 2. The van der Waals surface area contributed by atoms with Gasteiger partial charge in [-0.1, -0.05) is 5.16 Å². The van der Waals surface area contributed by atoms with E-state index in [0.717, 1.165) is 6.39 Å². The molecule has 1 heterocycles. The molecular weight excluding hydrogens is 136 g/mol. The quantitative estimate of drug-likeness (QED) is 0.640. The molecule has 1 aromatic rings. The average molecular weight is 142 g/mol. The van der Waals surface area contributed by atoms with Gasteiger partial charge in [0.2, 0.25) is 6.39 Å². The molecule has 0 fully saturated rings. The predicted molar refractivity (Wildman–Crippen MR) is 30.3 cm³/mol. The third kappa shape index (κ3) is 1.12. The molecule has 5 heteroatoms. The fraction of sp³-hybridized carbons (Fsp3) is 0.400. The highest BCUT2D eigenvalue weighted by molar-refractivity contribution is 5.74. The number of aromatic nitrogens is 2. The van der Waals surface area contributed by atoms with Crippen LogP contribution in [-0.2, 0) is 4.79 Å². The molecule has 0 amide bonds. The molecule has 0 aliphatic heterocycles. The number of hydrogen-bond acceptors (Lipinski definition) is 4. The van der Waals surface area contributed by atoms with Gasteiger partial charge in [0.25, 0.3) is 0 Å². The summed E-state index contributed by atoms with van der Waals surface area (Å²) in [5.41, 5.74) is 0. The number of carboxylic acids is 1. The van der Waals surface area contributed by atoms with E-state index >= 15 is 0 Å². The number of hydrogen-bond donors (Lipinski definition) is 1. The number of carboxylic acid groups (broad SMARTS) is 1. The molecule has 1 unspecified atom stereocenters. The van der Waals surface area contributed by atoms with Gasteiger partial charge in [-0.3, -0.25) is 4.79 Å². The summed E-state index contributed by atoms with van der Waals surface area (Å²) >= 11 is 0. The van der Waals surface area contributed by atoms with Crippen LogP contribution in [-0.4, -0.2) is 21.2 Å². The summed E-state index contributed by atoms with van der Waals surface area (Å²) in [5.74, 6) is -1.45. The van der Waals surface area contributed by atoms with E-state index in [0.29, 0.717) is 0 Å². The topological polar surface area (TPSA) is 76.2 Å². The highest BCUT2D eigenvalue weighted by Gasteiger charge is 2.17. The van der Waals surface area contributed by atoms with Crippen molar-refractivity contribution in [2.24, 2.45) is 0 Å². The van der Waals surface area contributed by atoms with Gasteiger partial charge in [-0.2, -0.15) is 4.98 Å². The van der Waals surface area contributed by atoms with Gasteiger partial charge < -0.3 is 9.63 Å². The molecule has 0 radical (unpaired) electrons. The Kier molecular flexibility index (Phi) is 1.66. The SMILES string of the molecule is CC(C(=O)O)c1ncon1. The zero-order valence-electron chi connectivity index (χ0n) is 5.31. The van der Waals surface area contributed by atoms with E-state index in [1.54, 1.807) is 0 Å². The van der Waals surface area contributed by atoms with Crippen LogP contribution >= 0.6 is 0 Å². The summed E-state index contributed by atoms with van der Waals surface area (Å²) in [6, 6.07) is 0. The van der Waals surface area contributed by atoms with Crippen LogP contribution in [0.4, 0.5) is 0 Å². The lowest BCUT2D eigenvalue weighted by Crippen LogP contribution is -2.08. The Morgan fingerprint density at radius 1 is 1.90 bits per heavy atom. The van der Waals surface area contributed by atoms with Gasteiger partial charge in [-0.15, -0.1) is 0 Å². The third-order valence-electron chi connectivity index (χ3n) is 1.14. The van der Waals surface area contributed by atoms with Gasteiger partial charge in [0.05, 0.1) is 0 Å². The van der Waals surface area contributed by atoms with Crippen LogP contribution in [0.25, 0.3) is 0 Å². The smallest absolute Gasteiger partial charge is 0.314 e. The zero-order chi connectivity index (χ0) is 7.56. The van der Waals surface area contributed by atoms with E-state index in [4.69, 9.17) is 5.11 Å². The molecule has 0 aliphatic carbocycles. The first-order valence-corrected chi connectivity index (χ1v) is 2.71. The minimum atomic E-state index is -0.957. The molecule has 0 saturated carbocycles. The van der Waals surface area contributed by atoms with Gasteiger partial charge in [0.1, 0.15) is 5.92 Å². The summed E-state index contributed by atoms with van der Waals surface area (Å²) in [7, 11) is 0. The summed E-state index contributed by atoms with van der Waals surface area (Å²) in [4.78, 5) is 13.9. The van der Waals surface area contributed by atoms with Crippen LogP contribution < -0.4 is 0 Å². The Morgan fingerprint density at radius 2 is 2.60 bits per heavy atom. The Labute approximate surface area is 56.7 Å². The fourth-order valence-electron chi connectivity index (χ4n) is 0.480. The molecule has 1 aromatic heterocycles. The van der Waals surface area contributed by atoms with E-state index in [9.17, 15) is 4.79 Å². The van der Waals surface area contributed by atoms with Crippen molar-refractivity contribution in [1.29, 1.82) is 0 Å². The number of carbonyl (C=O) groups is 1. The van der Waals surface area contributed by atoms with Crippen LogP contribution in [0.2, 0.25) is 0 Å². The standard InChI is InChI=1S/C5H6N2O3/c1-3(5(8)9)4-6-2-10-7-4/h2-3H,1H3,(H,8,9). The van der Waals surface area contributed by atoms with Crippen molar-refractivity contribution in [2.45, 2.75) is 12.8 Å². The van der Waals surface area contributed by atoms with Crippen molar-refractivity contribution in [3.63, 3.8) is 0 Å². The number of nitrogens with zero attached hydrogens (tertiary/aromatic N) is 2. The maximum Gasteiger partial charge on any atom is 0.314 e. The molecule has 1 rings (SSSR count). The van der Waals surface area contributed by atoms with Crippen LogP contribution in [0.1, 0.15) is 18.7 Å². The van der Waals surface area contributed by atoms with Crippen molar-refractivity contribution in [1.82, 2.24) is 10.1 Å². The lowest BCUT2D eigenvalue weighted by molar-refractivity contribution is -0.138. The van der Waals surface area contributed by atoms with Crippen molar-refractivity contribution in [2.75, 3.05) is 0 Å². The van der Waals surface area contributed by atoms with Crippen LogP contribution in [0.15, 0.2) is 10.9 Å². The summed E-state index contributed by atoms with van der Waals surface area (Å²) < 4.78 is 4.36. The lowest BCUT2D eigenvalue weighted by atomic mass is 10.2. The molecule has 0 bridgehead atoms. The molecule has 0 saturated heterocycles. The second kappa shape index (κ2) is 2.47. The summed E-state index contributed by atoms with van der Waals surface area (Å²) in [6.45, 7) is 1.49. The first kappa shape index (κ1) is 6.73. The molecule has 54 valence electrons. The van der Waals surface area contributed by atoms with Gasteiger partial charge in [0, 0.05) is 0 Å². The van der Waals surface area contributed by atoms with E-state index in [1.807, 2.05) is 0 Å². The third-order valence-corrected chi connectivity index (χ3v) is 1.14. The normalized spacial score (nSPS) is 12.9. The molecule has 1 atom stereocenters. The Hall–Kier alpha value is -1.39. The molecular formula is C5H6N2O3. The van der Waals surface area contributed by atoms with E-state index in [1.165, 1.54) is 6.92 Å².